The smallest absolute Gasteiger partial charge is 0.285 e. The Morgan fingerprint density at radius 1 is 0.870 bits per heavy atom. The molecule has 0 aromatic heterocycles. The lowest BCUT2D eigenvalue weighted by Gasteiger charge is -2.36. The molecule has 138 valence electrons. The number of guanidine groups is 1. The Hall–Kier alpha value is -0.850. The summed E-state index contributed by atoms with van der Waals surface area (Å²) in [4.78, 5) is 4.04. The molecule has 0 bridgehead atoms. The van der Waals surface area contributed by atoms with Gasteiger partial charge in [-0.3, -0.25) is 4.99 Å². The zero-order valence-electron chi connectivity index (χ0n) is 15.5. The molecule has 0 aliphatic rings. The Kier molecular flexibility index (Phi) is 13.1. The monoisotopic (exact) mass is 331 g/mol. The van der Waals surface area contributed by atoms with Crippen LogP contribution < -0.4 is 11.5 Å². The molecule has 1 atom stereocenters. The van der Waals surface area contributed by atoms with E-state index in [1.807, 2.05) is 0 Å². The van der Waals surface area contributed by atoms with Crippen LogP contribution in [-0.2, 0) is 14.2 Å². The summed E-state index contributed by atoms with van der Waals surface area (Å²) in [5.74, 6) is -0.696. The Bertz CT molecular complexity index is 295. The van der Waals surface area contributed by atoms with Crippen molar-refractivity contribution < 1.29 is 14.2 Å². The van der Waals surface area contributed by atoms with E-state index in [1.54, 1.807) is 21.3 Å². The highest BCUT2D eigenvalue weighted by Gasteiger charge is 2.39. The summed E-state index contributed by atoms with van der Waals surface area (Å²) in [6.45, 7) is 2.85. The molecular weight excluding hydrogens is 294 g/mol. The average Bonchev–Trinajstić information content (AvgIpc) is 2.55. The maximum Gasteiger partial charge on any atom is 0.285 e. The molecule has 0 aliphatic carbocycles. The van der Waals surface area contributed by atoms with Gasteiger partial charge in [0.15, 0.2) is 5.96 Å². The predicted octanol–water partition coefficient (Wildman–Crippen LogP) is 3.00. The molecule has 6 heteroatoms. The third kappa shape index (κ3) is 9.13. The maximum atomic E-state index is 5.54. The van der Waals surface area contributed by atoms with E-state index in [0.29, 0.717) is 6.54 Å². The number of hydrogen-bond acceptors (Lipinski definition) is 4. The lowest BCUT2D eigenvalue weighted by atomic mass is 9.93. The van der Waals surface area contributed by atoms with Gasteiger partial charge in [-0.25, -0.2) is 0 Å². The first-order chi connectivity index (χ1) is 11.1. The number of hydrogen-bond donors (Lipinski definition) is 2. The van der Waals surface area contributed by atoms with Gasteiger partial charge in [-0.15, -0.1) is 0 Å². The molecule has 4 N–H and O–H groups in total. The van der Waals surface area contributed by atoms with Gasteiger partial charge >= 0.3 is 0 Å². The fraction of sp³-hybridized carbons (Fsp3) is 0.941. The van der Waals surface area contributed by atoms with Crippen molar-refractivity contribution in [1.82, 2.24) is 0 Å². The van der Waals surface area contributed by atoms with Gasteiger partial charge in [0, 0.05) is 33.8 Å². The van der Waals surface area contributed by atoms with Gasteiger partial charge in [-0.05, 0) is 19.3 Å². The topological polar surface area (TPSA) is 92.1 Å². The fourth-order valence-corrected chi connectivity index (χ4v) is 2.96. The minimum absolute atomic E-state index is 0.133. The summed E-state index contributed by atoms with van der Waals surface area (Å²) >= 11 is 0. The van der Waals surface area contributed by atoms with Crippen molar-refractivity contribution in [3.8, 4) is 0 Å². The first kappa shape index (κ1) is 22.1. The van der Waals surface area contributed by atoms with Gasteiger partial charge in [0.25, 0.3) is 5.97 Å². The van der Waals surface area contributed by atoms with E-state index in [4.69, 9.17) is 25.7 Å². The van der Waals surface area contributed by atoms with Crippen molar-refractivity contribution in [3.05, 3.63) is 0 Å². The molecule has 0 saturated heterocycles. The average molecular weight is 332 g/mol. The maximum absolute atomic E-state index is 5.54. The van der Waals surface area contributed by atoms with Gasteiger partial charge in [-0.1, -0.05) is 45.4 Å². The van der Waals surface area contributed by atoms with Crippen molar-refractivity contribution in [3.63, 3.8) is 0 Å². The Labute approximate surface area is 141 Å². The molecule has 0 aromatic rings. The predicted molar refractivity (Wildman–Crippen MR) is 95.2 cm³/mol. The van der Waals surface area contributed by atoms with E-state index in [9.17, 15) is 0 Å². The zero-order valence-corrected chi connectivity index (χ0v) is 15.5. The van der Waals surface area contributed by atoms with Crippen molar-refractivity contribution in [2.45, 2.75) is 70.7 Å². The molecule has 0 rings (SSSR count). The first-order valence-corrected chi connectivity index (χ1v) is 8.77. The molecule has 0 heterocycles. The summed E-state index contributed by atoms with van der Waals surface area (Å²) < 4.78 is 16.6. The molecule has 23 heavy (non-hydrogen) atoms. The normalized spacial score (nSPS) is 13.0. The molecule has 0 amide bonds. The molecule has 0 fully saturated rings. The van der Waals surface area contributed by atoms with Crippen molar-refractivity contribution >= 4 is 5.96 Å². The quantitative estimate of drug-likeness (QED) is 0.208. The van der Waals surface area contributed by atoms with Gasteiger partial charge in [0.05, 0.1) is 0 Å². The van der Waals surface area contributed by atoms with E-state index < -0.39 is 5.97 Å². The summed E-state index contributed by atoms with van der Waals surface area (Å²) in [5, 5.41) is 0. The first-order valence-electron chi connectivity index (χ1n) is 8.77. The van der Waals surface area contributed by atoms with Crippen LogP contribution in [0.3, 0.4) is 0 Å². The number of ether oxygens (including phenoxy) is 3. The van der Waals surface area contributed by atoms with Crippen molar-refractivity contribution in [2.75, 3.05) is 27.9 Å². The van der Waals surface area contributed by atoms with Crippen LogP contribution in [0.5, 0.6) is 0 Å². The number of methoxy groups -OCH3 is 3. The van der Waals surface area contributed by atoms with Crippen LogP contribution >= 0.6 is 0 Å². The van der Waals surface area contributed by atoms with E-state index >= 15 is 0 Å². The zero-order chi connectivity index (χ0) is 17.6. The third-order valence-corrected chi connectivity index (χ3v) is 4.26. The van der Waals surface area contributed by atoms with E-state index in [-0.39, 0.29) is 11.9 Å². The Balaban J connectivity index is 4.45. The standard InChI is InChI=1S/C17H37N3O3/c1-5-6-7-8-9-10-12-15(13-11-14-20-16(18)19)17(21-2,22-3)23-4/h15H,5-14H2,1-4H3,(H4,18,19,20). The van der Waals surface area contributed by atoms with E-state index in [2.05, 4.69) is 11.9 Å². The van der Waals surface area contributed by atoms with Gasteiger partial charge in [0.2, 0.25) is 0 Å². The van der Waals surface area contributed by atoms with Crippen LogP contribution in [0.15, 0.2) is 4.99 Å². The number of aliphatic imine (C=N–C) groups is 1. The molecular formula is C17H37N3O3. The number of nitrogens with two attached hydrogens (primary N) is 2. The fourth-order valence-electron chi connectivity index (χ4n) is 2.96. The van der Waals surface area contributed by atoms with Crippen molar-refractivity contribution in [1.29, 1.82) is 0 Å². The van der Waals surface area contributed by atoms with Crippen LogP contribution in [0.4, 0.5) is 0 Å². The lowest BCUT2D eigenvalue weighted by Crippen LogP contribution is -2.44. The highest BCUT2D eigenvalue weighted by Crippen LogP contribution is 2.32. The Morgan fingerprint density at radius 2 is 1.39 bits per heavy atom. The van der Waals surface area contributed by atoms with Gasteiger partial charge in [0.1, 0.15) is 0 Å². The highest BCUT2D eigenvalue weighted by molar-refractivity contribution is 5.75. The highest BCUT2D eigenvalue weighted by atomic mass is 16.9. The van der Waals surface area contributed by atoms with E-state index in [1.165, 1.54) is 32.1 Å². The van der Waals surface area contributed by atoms with Crippen LogP contribution in [0.25, 0.3) is 0 Å². The molecule has 1 unspecified atom stereocenters. The third-order valence-electron chi connectivity index (χ3n) is 4.26. The molecule has 0 aromatic carbocycles. The molecule has 0 radical (unpaired) electrons. The molecule has 0 aliphatic heterocycles. The summed E-state index contributed by atoms with van der Waals surface area (Å²) in [6.07, 6.45) is 10.3. The minimum Gasteiger partial charge on any atom is -0.370 e. The van der Waals surface area contributed by atoms with Crippen molar-refractivity contribution in [2.24, 2.45) is 22.4 Å². The van der Waals surface area contributed by atoms with Crippen LogP contribution in [0.2, 0.25) is 0 Å². The molecule has 0 spiro atoms. The number of nitrogens with zero attached hydrogens (tertiary/aromatic N) is 1. The molecule has 0 saturated carbocycles. The van der Waals surface area contributed by atoms with Crippen LogP contribution in [-0.4, -0.2) is 39.8 Å². The second kappa shape index (κ2) is 13.6. The summed E-state index contributed by atoms with van der Waals surface area (Å²) in [6, 6.07) is 0. The number of unbranched alkanes of at least 4 members (excludes halogenated alkanes) is 5. The SMILES string of the molecule is CCCCCCCCC(CCCN=C(N)N)C(OC)(OC)OC. The number of rotatable bonds is 15. The lowest BCUT2D eigenvalue weighted by molar-refractivity contribution is -0.380. The Morgan fingerprint density at radius 3 is 1.91 bits per heavy atom. The second-order valence-corrected chi connectivity index (χ2v) is 5.92. The summed E-state index contributed by atoms with van der Waals surface area (Å²) in [5.41, 5.74) is 10.7. The van der Waals surface area contributed by atoms with Gasteiger partial charge in [-0.2, -0.15) is 0 Å². The summed E-state index contributed by atoms with van der Waals surface area (Å²) in [7, 11) is 4.87. The van der Waals surface area contributed by atoms with Gasteiger partial charge < -0.3 is 25.7 Å². The second-order valence-electron chi connectivity index (χ2n) is 5.92. The largest absolute Gasteiger partial charge is 0.370 e. The van der Waals surface area contributed by atoms with Crippen LogP contribution in [0.1, 0.15) is 64.7 Å². The van der Waals surface area contributed by atoms with Crippen LogP contribution in [0, 0.1) is 5.92 Å². The molecule has 6 nitrogen and oxygen atoms in total. The van der Waals surface area contributed by atoms with E-state index in [0.717, 1.165) is 25.7 Å². The minimum atomic E-state index is -0.985.